The van der Waals surface area contributed by atoms with Gasteiger partial charge in [-0.05, 0) is 5.92 Å². The van der Waals surface area contributed by atoms with Crippen molar-refractivity contribution in [3.05, 3.63) is 0 Å². The van der Waals surface area contributed by atoms with E-state index in [4.69, 9.17) is 5.11 Å². The van der Waals surface area contributed by atoms with Crippen LogP contribution < -0.4 is 0 Å². The van der Waals surface area contributed by atoms with Crippen LogP contribution in [0.1, 0.15) is 20.8 Å². The Labute approximate surface area is 55.9 Å². The molecular weight excluding hydrogens is 116 g/mol. The molecule has 0 aliphatic carbocycles. The SMILES string of the molecule is CC(C)C(O)[C@H](C)C=O. The van der Waals surface area contributed by atoms with Crippen molar-refractivity contribution in [2.24, 2.45) is 11.8 Å². The number of aliphatic hydroxyl groups is 1. The summed E-state index contributed by atoms with van der Waals surface area (Å²) in [4.78, 5) is 10.1. The monoisotopic (exact) mass is 130 g/mol. The lowest BCUT2D eigenvalue weighted by Crippen LogP contribution is -2.24. The Morgan fingerprint density at radius 1 is 1.33 bits per heavy atom. The lowest BCUT2D eigenvalue weighted by atomic mass is 9.96. The van der Waals surface area contributed by atoms with E-state index in [0.717, 1.165) is 6.29 Å². The molecule has 0 aliphatic rings. The molecule has 9 heavy (non-hydrogen) atoms. The van der Waals surface area contributed by atoms with Gasteiger partial charge in [-0.2, -0.15) is 0 Å². The van der Waals surface area contributed by atoms with E-state index in [1.54, 1.807) is 6.92 Å². The maximum atomic E-state index is 10.1. The molecule has 0 aromatic rings. The van der Waals surface area contributed by atoms with E-state index in [1.165, 1.54) is 0 Å². The number of hydrogen-bond donors (Lipinski definition) is 1. The van der Waals surface area contributed by atoms with E-state index in [1.807, 2.05) is 13.8 Å². The first-order valence-electron chi connectivity index (χ1n) is 3.23. The fourth-order valence-corrected chi connectivity index (χ4v) is 0.688. The van der Waals surface area contributed by atoms with Crippen molar-refractivity contribution in [3.8, 4) is 0 Å². The Balaban J connectivity index is 3.71. The number of aldehydes is 1. The van der Waals surface area contributed by atoms with Gasteiger partial charge in [-0.15, -0.1) is 0 Å². The van der Waals surface area contributed by atoms with Crippen molar-refractivity contribution >= 4 is 6.29 Å². The van der Waals surface area contributed by atoms with Gasteiger partial charge in [0.15, 0.2) is 0 Å². The van der Waals surface area contributed by atoms with E-state index in [-0.39, 0.29) is 11.8 Å². The van der Waals surface area contributed by atoms with Gasteiger partial charge in [0.05, 0.1) is 6.10 Å². The lowest BCUT2D eigenvalue weighted by Gasteiger charge is -2.16. The van der Waals surface area contributed by atoms with Gasteiger partial charge in [0.25, 0.3) is 0 Å². The summed E-state index contributed by atoms with van der Waals surface area (Å²) in [5.41, 5.74) is 0. The smallest absolute Gasteiger partial charge is 0.125 e. The third-order valence-electron chi connectivity index (χ3n) is 1.44. The van der Waals surface area contributed by atoms with Crippen LogP contribution in [-0.2, 0) is 4.79 Å². The molecule has 54 valence electrons. The lowest BCUT2D eigenvalue weighted by molar-refractivity contribution is -0.114. The van der Waals surface area contributed by atoms with Crippen LogP contribution in [0.25, 0.3) is 0 Å². The quantitative estimate of drug-likeness (QED) is 0.575. The molecule has 0 rings (SSSR count). The molecule has 0 aromatic carbocycles. The molecule has 2 heteroatoms. The predicted octanol–water partition coefficient (Wildman–Crippen LogP) is 0.838. The van der Waals surface area contributed by atoms with Crippen molar-refractivity contribution in [1.29, 1.82) is 0 Å². The molecule has 0 bridgehead atoms. The van der Waals surface area contributed by atoms with Crippen LogP contribution in [0.15, 0.2) is 0 Å². The highest BCUT2D eigenvalue weighted by Gasteiger charge is 2.15. The van der Waals surface area contributed by atoms with E-state index in [2.05, 4.69) is 0 Å². The van der Waals surface area contributed by atoms with Crippen molar-refractivity contribution in [1.82, 2.24) is 0 Å². The zero-order chi connectivity index (χ0) is 7.44. The van der Waals surface area contributed by atoms with Gasteiger partial charge in [-0.3, -0.25) is 0 Å². The molecule has 0 amide bonds. The number of rotatable bonds is 3. The van der Waals surface area contributed by atoms with E-state index >= 15 is 0 Å². The molecule has 0 heterocycles. The first-order chi connectivity index (χ1) is 4.09. The van der Waals surface area contributed by atoms with Crippen LogP contribution in [0.4, 0.5) is 0 Å². The second kappa shape index (κ2) is 3.62. The first-order valence-corrected chi connectivity index (χ1v) is 3.23. The molecule has 0 fully saturated rings. The zero-order valence-electron chi connectivity index (χ0n) is 6.16. The first kappa shape index (κ1) is 8.63. The second-order valence-electron chi connectivity index (χ2n) is 2.73. The number of carbonyl (C=O) groups excluding carboxylic acids is 1. The molecule has 0 aliphatic heterocycles. The fourth-order valence-electron chi connectivity index (χ4n) is 0.688. The Bertz CT molecular complexity index is 88.9. The topological polar surface area (TPSA) is 37.3 Å². The van der Waals surface area contributed by atoms with Gasteiger partial charge in [-0.1, -0.05) is 20.8 Å². The van der Waals surface area contributed by atoms with E-state index in [9.17, 15) is 4.79 Å². The van der Waals surface area contributed by atoms with Gasteiger partial charge in [0.2, 0.25) is 0 Å². The molecule has 0 aromatic heterocycles. The molecule has 2 nitrogen and oxygen atoms in total. The zero-order valence-corrected chi connectivity index (χ0v) is 6.16. The largest absolute Gasteiger partial charge is 0.392 e. The predicted molar refractivity (Wildman–Crippen MR) is 36.1 cm³/mol. The molecule has 0 saturated heterocycles. The summed E-state index contributed by atoms with van der Waals surface area (Å²) >= 11 is 0. The maximum Gasteiger partial charge on any atom is 0.125 e. The molecule has 1 unspecified atom stereocenters. The minimum atomic E-state index is -0.484. The summed E-state index contributed by atoms with van der Waals surface area (Å²) in [6, 6.07) is 0. The molecule has 2 atom stereocenters. The van der Waals surface area contributed by atoms with E-state index in [0.29, 0.717) is 0 Å². The Morgan fingerprint density at radius 3 is 1.89 bits per heavy atom. The van der Waals surface area contributed by atoms with Crippen LogP contribution >= 0.6 is 0 Å². The van der Waals surface area contributed by atoms with Crippen LogP contribution in [0.3, 0.4) is 0 Å². The highest BCUT2D eigenvalue weighted by molar-refractivity contribution is 5.53. The molecule has 0 radical (unpaired) electrons. The van der Waals surface area contributed by atoms with Crippen LogP contribution in [0.2, 0.25) is 0 Å². The minimum absolute atomic E-state index is 0.171. The second-order valence-corrected chi connectivity index (χ2v) is 2.73. The number of carbonyl (C=O) groups is 1. The Morgan fingerprint density at radius 2 is 1.78 bits per heavy atom. The fraction of sp³-hybridized carbons (Fsp3) is 0.857. The average Bonchev–Trinajstić information content (AvgIpc) is 1.84. The van der Waals surface area contributed by atoms with Gasteiger partial charge in [0.1, 0.15) is 6.29 Å². The highest BCUT2D eigenvalue weighted by atomic mass is 16.3. The Kier molecular flexibility index (Phi) is 3.47. The average molecular weight is 130 g/mol. The minimum Gasteiger partial charge on any atom is -0.392 e. The highest BCUT2D eigenvalue weighted by Crippen LogP contribution is 2.09. The standard InChI is InChI=1S/C7H14O2/c1-5(2)7(9)6(3)4-8/h4-7,9H,1-3H3/t6-,7?/m1/s1. The van der Waals surface area contributed by atoms with Crippen molar-refractivity contribution in [2.45, 2.75) is 26.9 Å². The summed E-state index contributed by atoms with van der Waals surface area (Å²) in [6.07, 6.45) is 0.299. The number of aliphatic hydroxyl groups excluding tert-OH is 1. The summed E-state index contributed by atoms with van der Waals surface area (Å²) in [5, 5.41) is 9.16. The van der Waals surface area contributed by atoms with Gasteiger partial charge in [-0.25, -0.2) is 0 Å². The van der Waals surface area contributed by atoms with Gasteiger partial charge in [0, 0.05) is 5.92 Å². The number of hydrogen-bond acceptors (Lipinski definition) is 2. The van der Waals surface area contributed by atoms with E-state index < -0.39 is 6.10 Å². The normalized spacial score (nSPS) is 17.4. The summed E-state index contributed by atoms with van der Waals surface area (Å²) in [7, 11) is 0. The molecular formula is C7H14O2. The van der Waals surface area contributed by atoms with Crippen LogP contribution in [0, 0.1) is 11.8 Å². The van der Waals surface area contributed by atoms with Gasteiger partial charge < -0.3 is 9.90 Å². The third-order valence-corrected chi connectivity index (χ3v) is 1.44. The van der Waals surface area contributed by atoms with Crippen LogP contribution in [-0.4, -0.2) is 17.5 Å². The summed E-state index contributed by atoms with van der Waals surface area (Å²) in [5.74, 6) is -0.0600. The third kappa shape index (κ3) is 2.61. The Hall–Kier alpha value is -0.370. The van der Waals surface area contributed by atoms with Crippen molar-refractivity contribution in [3.63, 3.8) is 0 Å². The van der Waals surface area contributed by atoms with Gasteiger partial charge >= 0.3 is 0 Å². The van der Waals surface area contributed by atoms with Crippen molar-refractivity contribution in [2.75, 3.05) is 0 Å². The maximum absolute atomic E-state index is 10.1. The summed E-state index contributed by atoms with van der Waals surface area (Å²) in [6.45, 7) is 5.51. The van der Waals surface area contributed by atoms with Crippen molar-refractivity contribution < 1.29 is 9.90 Å². The molecule has 0 saturated carbocycles. The summed E-state index contributed by atoms with van der Waals surface area (Å²) < 4.78 is 0. The molecule has 1 N–H and O–H groups in total. The molecule has 0 spiro atoms. The van der Waals surface area contributed by atoms with Crippen LogP contribution in [0.5, 0.6) is 0 Å².